The summed E-state index contributed by atoms with van der Waals surface area (Å²) >= 11 is 1.41. The van der Waals surface area contributed by atoms with Crippen molar-refractivity contribution in [1.29, 1.82) is 0 Å². The van der Waals surface area contributed by atoms with Gasteiger partial charge in [-0.1, -0.05) is 27.7 Å². The molecule has 0 aliphatic carbocycles. The molecule has 0 spiro atoms. The van der Waals surface area contributed by atoms with Gasteiger partial charge in [0.1, 0.15) is 5.82 Å². The van der Waals surface area contributed by atoms with Crippen LogP contribution >= 0.6 is 11.5 Å². The zero-order valence-corrected chi connectivity index (χ0v) is 12.0. The number of hydrogen-bond acceptors (Lipinski definition) is 5. The lowest BCUT2D eigenvalue weighted by atomic mass is 9.85. The molecule has 0 aliphatic heterocycles. The van der Waals surface area contributed by atoms with E-state index in [4.69, 9.17) is 5.11 Å². The van der Waals surface area contributed by atoms with Gasteiger partial charge in [-0.3, -0.25) is 0 Å². The Balaban J connectivity index is 2.65. The number of hydrogen-bond donors (Lipinski definition) is 2. The first-order chi connectivity index (χ1) is 7.97. The van der Waals surface area contributed by atoms with Crippen LogP contribution in [0.2, 0.25) is 0 Å². The van der Waals surface area contributed by atoms with E-state index >= 15 is 0 Å². The SMILES string of the molecule is CCCc1nsc(NC(CCO)C(C)(C)C)n1. The molecule has 0 amide bonds. The molecule has 0 saturated carbocycles. The molecule has 5 heteroatoms. The molecule has 0 bridgehead atoms. The average molecular weight is 257 g/mol. The molecule has 0 aliphatic rings. The van der Waals surface area contributed by atoms with Gasteiger partial charge in [0.05, 0.1) is 0 Å². The monoisotopic (exact) mass is 257 g/mol. The van der Waals surface area contributed by atoms with E-state index in [1.54, 1.807) is 0 Å². The molecule has 1 rings (SSSR count). The number of anilines is 1. The Morgan fingerprint density at radius 2 is 2.12 bits per heavy atom. The van der Waals surface area contributed by atoms with Gasteiger partial charge in [-0.15, -0.1) is 0 Å². The second kappa shape index (κ2) is 6.31. The normalized spacial score (nSPS) is 13.7. The van der Waals surface area contributed by atoms with Gasteiger partial charge < -0.3 is 10.4 Å². The van der Waals surface area contributed by atoms with Gasteiger partial charge in [0.15, 0.2) is 0 Å². The van der Waals surface area contributed by atoms with Crippen LogP contribution in [0.15, 0.2) is 0 Å². The van der Waals surface area contributed by atoms with E-state index < -0.39 is 0 Å². The second-order valence-corrected chi connectivity index (χ2v) is 6.09. The lowest BCUT2D eigenvalue weighted by Gasteiger charge is -2.30. The van der Waals surface area contributed by atoms with Crippen molar-refractivity contribution in [1.82, 2.24) is 9.36 Å². The number of aryl methyl sites for hydroxylation is 1. The van der Waals surface area contributed by atoms with E-state index in [0.29, 0.717) is 0 Å². The molecule has 1 unspecified atom stereocenters. The van der Waals surface area contributed by atoms with Crippen LogP contribution in [-0.2, 0) is 6.42 Å². The third kappa shape index (κ3) is 4.60. The van der Waals surface area contributed by atoms with Crippen LogP contribution < -0.4 is 5.32 Å². The summed E-state index contributed by atoms with van der Waals surface area (Å²) in [5.41, 5.74) is 0.0965. The molecule has 0 radical (unpaired) electrons. The highest BCUT2D eigenvalue weighted by Gasteiger charge is 2.24. The molecule has 1 aromatic heterocycles. The van der Waals surface area contributed by atoms with Gasteiger partial charge in [-0.25, -0.2) is 4.98 Å². The smallest absolute Gasteiger partial charge is 0.202 e. The fraction of sp³-hybridized carbons (Fsp3) is 0.833. The maximum absolute atomic E-state index is 9.09. The minimum atomic E-state index is 0.0965. The van der Waals surface area contributed by atoms with Crippen LogP contribution in [0.3, 0.4) is 0 Å². The van der Waals surface area contributed by atoms with Crippen LogP contribution in [0.1, 0.15) is 46.4 Å². The summed E-state index contributed by atoms with van der Waals surface area (Å²) in [4.78, 5) is 4.45. The summed E-state index contributed by atoms with van der Waals surface area (Å²) in [6.07, 6.45) is 2.72. The topological polar surface area (TPSA) is 58.0 Å². The Labute approximate surface area is 108 Å². The van der Waals surface area contributed by atoms with Gasteiger partial charge in [0, 0.05) is 30.6 Å². The molecular formula is C12H23N3OS. The number of rotatable bonds is 6. The molecule has 4 nitrogen and oxygen atoms in total. The number of nitrogens with zero attached hydrogens (tertiary/aromatic N) is 2. The van der Waals surface area contributed by atoms with E-state index in [-0.39, 0.29) is 18.1 Å². The molecule has 2 N–H and O–H groups in total. The maximum atomic E-state index is 9.09. The Bertz CT molecular complexity index is 333. The predicted octanol–water partition coefficient (Wildman–Crippen LogP) is 2.70. The Morgan fingerprint density at radius 1 is 1.41 bits per heavy atom. The van der Waals surface area contributed by atoms with E-state index in [1.807, 2.05) is 0 Å². The van der Waals surface area contributed by atoms with Crippen molar-refractivity contribution < 1.29 is 5.11 Å². The van der Waals surface area contributed by atoms with Crippen LogP contribution in [0.4, 0.5) is 5.13 Å². The summed E-state index contributed by atoms with van der Waals surface area (Å²) in [5, 5.41) is 13.3. The molecule has 1 heterocycles. The van der Waals surface area contributed by atoms with Crippen LogP contribution in [0.25, 0.3) is 0 Å². The van der Waals surface area contributed by atoms with Crippen molar-refractivity contribution in [3.8, 4) is 0 Å². The highest BCUT2D eigenvalue weighted by molar-refractivity contribution is 7.09. The maximum Gasteiger partial charge on any atom is 0.202 e. The summed E-state index contributed by atoms with van der Waals surface area (Å²) < 4.78 is 4.31. The molecular weight excluding hydrogens is 234 g/mol. The van der Waals surface area contributed by atoms with Crippen LogP contribution in [0, 0.1) is 5.41 Å². The number of aliphatic hydroxyl groups excluding tert-OH is 1. The molecule has 17 heavy (non-hydrogen) atoms. The summed E-state index contributed by atoms with van der Waals surface area (Å²) in [6.45, 7) is 8.80. The molecule has 0 fully saturated rings. The van der Waals surface area contributed by atoms with Crippen molar-refractivity contribution in [2.45, 2.75) is 53.0 Å². The van der Waals surface area contributed by atoms with Crippen molar-refractivity contribution in [3.63, 3.8) is 0 Å². The van der Waals surface area contributed by atoms with E-state index in [0.717, 1.165) is 30.2 Å². The fourth-order valence-electron chi connectivity index (χ4n) is 1.64. The molecule has 0 saturated heterocycles. The zero-order valence-electron chi connectivity index (χ0n) is 11.2. The lowest BCUT2D eigenvalue weighted by Crippen LogP contribution is -2.34. The number of aromatic nitrogens is 2. The molecule has 98 valence electrons. The predicted molar refractivity (Wildman–Crippen MR) is 72.5 cm³/mol. The van der Waals surface area contributed by atoms with Crippen molar-refractivity contribution in [3.05, 3.63) is 5.82 Å². The fourth-order valence-corrected chi connectivity index (χ4v) is 2.30. The van der Waals surface area contributed by atoms with E-state index in [2.05, 4.69) is 42.4 Å². The van der Waals surface area contributed by atoms with Crippen molar-refractivity contribution in [2.75, 3.05) is 11.9 Å². The van der Waals surface area contributed by atoms with Gasteiger partial charge in [0.2, 0.25) is 5.13 Å². The Hall–Kier alpha value is -0.680. The highest BCUT2D eigenvalue weighted by atomic mass is 32.1. The first-order valence-corrected chi connectivity index (χ1v) is 6.94. The number of aliphatic hydroxyl groups is 1. The van der Waals surface area contributed by atoms with E-state index in [9.17, 15) is 0 Å². The molecule has 1 aromatic rings. The Morgan fingerprint density at radius 3 is 2.65 bits per heavy atom. The first kappa shape index (κ1) is 14.4. The van der Waals surface area contributed by atoms with Gasteiger partial charge >= 0.3 is 0 Å². The Kier molecular flexibility index (Phi) is 5.33. The summed E-state index contributed by atoms with van der Waals surface area (Å²) in [7, 11) is 0. The summed E-state index contributed by atoms with van der Waals surface area (Å²) in [6, 6.07) is 0.218. The largest absolute Gasteiger partial charge is 0.396 e. The highest BCUT2D eigenvalue weighted by Crippen LogP contribution is 2.26. The third-order valence-corrected chi connectivity index (χ3v) is 3.39. The van der Waals surface area contributed by atoms with Gasteiger partial charge in [0.25, 0.3) is 0 Å². The van der Waals surface area contributed by atoms with Crippen LogP contribution in [-0.4, -0.2) is 27.1 Å². The third-order valence-electron chi connectivity index (χ3n) is 2.70. The minimum Gasteiger partial charge on any atom is -0.396 e. The minimum absolute atomic E-state index is 0.0965. The molecule has 1 atom stereocenters. The standard InChI is InChI=1S/C12H23N3OS/c1-5-6-10-14-11(17-15-10)13-9(7-8-16)12(2,3)4/h9,16H,5-8H2,1-4H3,(H,13,14,15). The van der Waals surface area contributed by atoms with Gasteiger partial charge in [-0.05, 0) is 18.3 Å². The number of nitrogens with one attached hydrogen (secondary N) is 1. The van der Waals surface area contributed by atoms with Crippen molar-refractivity contribution in [2.24, 2.45) is 5.41 Å². The zero-order chi connectivity index (χ0) is 12.9. The van der Waals surface area contributed by atoms with Crippen LogP contribution in [0.5, 0.6) is 0 Å². The van der Waals surface area contributed by atoms with Crippen molar-refractivity contribution >= 4 is 16.7 Å². The second-order valence-electron chi connectivity index (χ2n) is 5.34. The first-order valence-electron chi connectivity index (χ1n) is 6.17. The summed E-state index contributed by atoms with van der Waals surface area (Å²) in [5.74, 6) is 0.914. The quantitative estimate of drug-likeness (QED) is 0.822. The van der Waals surface area contributed by atoms with E-state index in [1.165, 1.54) is 11.5 Å². The lowest BCUT2D eigenvalue weighted by molar-refractivity contribution is 0.235. The molecule has 0 aromatic carbocycles. The van der Waals surface area contributed by atoms with Gasteiger partial charge in [-0.2, -0.15) is 4.37 Å². The average Bonchev–Trinajstić information content (AvgIpc) is 2.64.